The number of carbonyl (C=O) groups excluding carboxylic acids is 2. The van der Waals surface area contributed by atoms with E-state index >= 15 is 0 Å². The van der Waals surface area contributed by atoms with Crippen LogP contribution in [0.3, 0.4) is 0 Å². The highest BCUT2D eigenvalue weighted by Gasteiger charge is 2.28. The van der Waals surface area contributed by atoms with Gasteiger partial charge in [-0.2, -0.15) is 0 Å². The molecule has 0 radical (unpaired) electrons. The Morgan fingerprint density at radius 1 is 1.16 bits per heavy atom. The number of benzene rings is 1. The van der Waals surface area contributed by atoms with Gasteiger partial charge in [0.05, 0.1) is 0 Å². The summed E-state index contributed by atoms with van der Waals surface area (Å²) in [4.78, 5) is 28.8. The number of rotatable bonds is 7. The van der Waals surface area contributed by atoms with Gasteiger partial charge in [0.25, 0.3) is 0 Å². The van der Waals surface area contributed by atoms with Crippen LogP contribution < -0.4 is 0 Å². The molecule has 1 aromatic carbocycles. The first-order valence-corrected chi connectivity index (χ1v) is 9.46. The number of likely N-dealkylation sites (tertiary alicyclic amines) is 1. The van der Waals surface area contributed by atoms with Crippen molar-refractivity contribution < 1.29 is 9.59 Å². The minimum Gasteiger partial charge on any atom is -0.343 e. The summed E-state index contributed by atoms with van der Waals surface area (Å²) in [6.45, 7) is 7.15. The first-order valence-electron chi connectivity index (χ1n) is 9.46. The Hall–Kier alpha value is -2.10. The largest absolute Gasteiger partial charge is 0.343 e. The normalized spacial score (nSPS) is 15.5. The first-order chi connectivity index (χ1) is 12.2. The third-order valence-corrected chi connectivity index (χ3v) is 4.85. The molecule has 1 aromatic rings. The smallest absolute Gasteiger partial charge is 0.246 e. The lowest BCUT2D eigenvalue weighted by Gasteiger charge is -2.33. The molecule has 4 heteroatoms. The van der Waals surface area contributed by atoms with Crippen LogP contribution in [-0.2, 0) is 9.59 Å². The zero-order chi connectivity index (χ0) is 18.1. The van der Waals surface area contributed by atoms with E-state index in [2.05, 4.69) is 6.92 Å². The number of nitrogens with zero attached hydrogens (tertiary/aromatic N) is 2. The fourth-order valence-electron chi connectivity index (χ4n) is 3.22. The zero-order valence-corrected chi connectivity index (χ0v) is 15.5. The van der Waals surface area contributed by atoms with Gasteiger partial charge < -0.3 is 9.80 Å². The number of hydrogen-bond donors (Lipinski definition) is 0. The van der Waals surface area contributed by atoms with E-state index in [-0.39, 0.29) is 17.7 Å². The number of carbonyl (C=O) groups is 2. The van der Waals surface area contributed by atoms with Crippen molar-refractivity contribution in [2.75, 3.05) is 26.2 Å². The van der Waals surface area contributed by atoms with E-state index in [4.69, 9.17) is 0 Å². The summed E-state index contributed by atoms with van der Waals surface area (Å²) in [7, 11) is 0. The van der Waals surface area contributed by atoms with Crippen molar-refractivity contribution in [3.63, 3.8) is 0 Å². The predicted octanol–water partition coefficient (Wildman–Crippen LogP) is 3.59. The molecule has 0 atom stereocenters. The lowest BCUT2D eigenvalue weighted by molar-refractivity contribution is -0.139. The SMILES string of the molecule is CCCCN(CC)C(=O)C1CCN(C(=O)C=Cc2ccccc2)CC1. The van der Waals surface area contributed by atoms with Gasteiger partial charge in [0.15, 0.2) is 0 Å². The van der Waals surface area contributed by atoms with Crippen LogP contribution in [0.15, 0.2) is 36.4 Å². The van der Waals surface area contributed by atoms with Crippen LogP contribution in [0.1, 0.15) is 45.1 Å². The van der Waals surface area contributed by atoms with E-state index in [1.54, 1.807) is 6.08 Å². The lowest BCUT2D eigenvalue weighted by atomic mass is 9.95. The highest BCUT2D eigenvalue weighted by Crippen LogP contribution is 2.20. The van der Waals surface area contributed by atoms with Crippen molar-refractivity contribution in [1.82, 2.24) is 9.80 Å². The Morgan fingerprint density at radius 3 is 2.44 bits per heavy atom. The van der Waals surface area contributed by atoms with Crippen LogP contribution in [-0.4, -0.2) is 47.8 Å². The van der Waals surface area contributed by atoms with Crippen molar-refractivity contribution in [1.29, 1.82) is 0 Å². The standard InChI is InChI=1S/C21H30N2O2/c1-3-5-15-22(4-2)21(25)19-13-16-23(17-14-19)20(24)12-11-18-9-7-6-8-10-18/h6-12,19H,3-5,13-17H2,1-2H3. The summed E-state index contributed by atoms with van der Waals surface area (Å²) in [6.07, 6.45) is 7.19. The third kappa shape index (κ3) is 5.73. The van der Waals surface area contributed by atoms with Crippen molar-refractivity contribution in [2.45, 2.75) is 39.5 Å². The molecule has 4 nitrogen and oxygen atoms in total. The van der Waals surface area contributed by atoms with Gasteiger partial charge in [-0.25, -0.2) is 0 Å². The summed E-state index contributed by atoms with van der Waals surface area (Å²) >= 11 is 0. The molecule has 136 valence electrons. The molecule has 0 aromatic heterocycles. The molecule has 0 N–H and O–H groups in total. The fourth-order valence-corrected chi connectivity index (χ4v) is 3.22. The molecule has 1 aliphatic rings. The Kier molecular flexibility index (Phi) is 7.71. The molecular formula is C21H30N2O2. The van der Waals surface area contributed by atoms with Crippen LogP contribution >= 0.6 is 0 Å². The quantitative estimate of drug-likeness (QED) is 0.711. The van der Waals surface area contributed by atoms with E-state index in [0.717, 1.165) is 44.3 Å². The topological polar surface area (TPSA) is 40.6 Å². The summed E-state index contributed by atoms with van der Waals surface area (Å²) in [5, 5.41) is 0. The van der Waals surface area contributed by atoms with Crippen LogP contribution in [0.4, 0.5) is 0 Å². The van der Waals surface area contributed by atoms with E-state index in [1.807, 2.05) is 53.1 Å². The molecule has 0 aliphatic carbocycles. The number of hydrogen-bond acceptors (Lipinski definition) is 2. The maximum atomic E-state index is 12.6. The second-order valence-electron chi connectivity index (χ2n) is 6.62. The van der Waals surface area contributed by atoms with Crippen LogP contribution in [0, 0.1) is 5.92 Å². The fraction of sp³-hybridized carbons (Fsp3) is 0.524. The second-order valence-corrected chi connectivity index (χ2v) is 6.62. The van der Waals surface area contributed by atoms with E-state index in [9.17, 15) is 9.59 Å². The van der Waals surface area contributed by atoms with Crippen molar-refractivity contribution in [2.24, 2.45) is 5.92 Å². The molecule has 0 saturated carbocycles. The Balaban J connectivity index is 1.83. The van der Waals surface area contributed by atoms with Crippen molar-refractivity contribution >= 4 is 17.9 Å². The molecule has 1 aliphatic heterocycles. The van der Waals surface area contributed by atoms with Gasteiger partial charge in [-0.05, 0) is 37.8 Å². The van der Waals surface area contributed by atoms with Gasteiger partial charge in [-0.15, -0.1) is 0 Å². The Labute approximate surface area is 151 Å². The molecule has 0 unspecified atom stereocenters. The summed E-state index contributed by atoms with van der Waals surface area (Å²) in [6, 6.07) is 9.83. The zero-order valence-electron chi connectivity index (χ0n) is 15.5. The van der Waals surface area contributed by atoms with Crippen molar-refractivity contribution in [3.8, 4) is 0 Å². The molecular weight excluding hydrogens is 312 g/mol. The Bertz CT molecular complexity index is 575. The summed E-state index contributed by atoms with van der Waals surface area (Å²) in [5.74, 6) is 0.370. The van der Waals surface area contributed by atoms with Gasteiger partial charge >= 0.3 is 0 Å². The maximum Gasteiger partial charge on any atom is 0.246 e. The van der Waals surface area contributed by atoms with Gasteiger partial charge in [-0.3, -0.25) is 9.59 Å². The predicted molar refractivity (Wildman–Crippen MR) is 102 cm³/mol. The molecule has 1 heterocycles. The minimum atomic E-state index is 0.0353. The van der Waals surface area contributed by atoms with Gasteiger partial charge in [0, 0.05) is 38.2 Å². The lowest BCUT2D eigenvalue weighted by Crippen LogP contribution is -2.44. The first kappa shape index (κ1) is 19.2. The molecule has 2 amide bonds. The van der Waals surface area contributed by atoms with Crippen LogP contribution in [0.2, 0.25) is 0 Å². The average Bonchev–Trinajstić information content (AvgIpc) is 2.67. The van der Waals surface area contributed by atoms with Gasteiger partial charge in [0.1, 0.15) is 0 Å². The highest BCUT2D eigenvalue weighted by molar-refractivity contribution is 5.92. The van der Waals surface area contributed by atoms with Gasteiger partial charge in [0.2, 0.25) is 11.8 Å². The monoisotopic (exact) mass is 342 g/mol. The van der Waals surface area contributed by atoms with E-state index in [1.165, 1.54) is 0 Å². The maximum absolute atomic E-state index is 12.6. The van der Waals surface area contributed by atoms with Crippen LogP contribution in [0.5, 0.6) is 0 Å². The number of piperidine rings is 1. The van der Waals surface area contributed by atoms with Gasteiger partial charge in [-0.1, -0.05) is 43.7 Å². The number of unbranched alkanes of at least 4 members (excludes halogenated alkanes) is 1. The molecule has 1 fully saturated rings. The molecule has 1 saturated heterocycles. The Morgan fingerprint density at radius 2 is 1.84 bits per heavy atom. The summed E-state index contributed by atoms with van der Waals surface area (Å²) in [5.41, 5.74) is 1.02. The second kappa shape index (κ2) is 10.0. The minimum absolute atomic E-state index is 0.0353. The molecule has 0 spiro atoms. The third-order valence-electron chi connectivity index (χ3n) is 4.85. The van der Waals surface area contributed by atoms with Crippen LogP contribution in [0.25, 0.3) is 6.08 Å². The molecule has 25 heavy (non-hydrogen) atoms. The number of amides is 2. The summed E-state index contributed by atoms with van der Waals surface area (Å²) < 4.78 is 0. The molecule has 2 rings (SSSR count). The van der Waals surface area contributed by atoms with E-state index < -0.39 is 0 Å². The van der Waals surface area contributed by atoms with E-state index in [0.29, 0.717) is 13.1 Å². The average molecular weight is 342 g/mol. The molecule has 0 bridgehead atoms. The highest BCUT2D eigenvalue weighted by atomic mass is 16.2. The van der Waals surface area contributed by atoms with Crippen molar-refractivity contribution in [3.05, 3.63) is 42.0 Å².